The van der Waals surface area contributed by atoms with E-state index in [9.17, 15) is 0 Å². The molecule has 0 spiro atoms. The second kappa shape index (κ2) is 9.55. The van der Waals surface area contributed by atoms with Crippen LogP contribution in [0.4, 0.5) is 17.5 Å². The molecular weight excluding hydrogens is 370 g/mol. The second-order valence-electron chi connectivity index (χ2n) is 7.74. The zero-order chi connectivity index (χ0) is 20.8. The predicted molar refractivity (Wildman–Crippen MR) is 125 cm³/mol. The Bertz CT molecular complexity index is 991. The summed E-state index contributed by atoms with van der Waals surface area (Å²) in [5, 5.41) is 3.45. The Labute approximate surface area is 179 Å². The number of rotatable bonds is 6. The smallest absolute Gasteiger partial charge is 0.227 e. The maximum absolute atomic E-state index is 4.79. The molecule has 0 aliphatic carbocycles. The average Bonchev–Trinajstić information content (AvgIpc) is 2.76. The summed E-state index contributed by atoms with van der Waals surface area (Å²) in [6, 6.07) is 20.7. The fourth-order valence-corrected chi connectivity index (χ4v) is 3.64. The minimum atomic E-state index is 0.811. The standard InChI is InChI=1S/C25H29N5/c1-20-9-6-7-13-23(20)27-24-19-21(2)26-25(28-24)30-17-15-29(16-18-30)14-8-12-22-10-4-3-5-11-22/h3-13,19H,14-18H2,1-2H3,(H,26,27,28)/b12-8+. The van der Waals surface area contributed by atoms with Crippen molar-refractivity contribution in [1.82, 2.24) is 14.9 Å². The third-order valence-electron chi connectivity index (χ3n) is 5.38. The summed E-state index contributed by atoms with van der Waals surface area (Å²) < 4.78 is 0. The van der Waals surface area contributed by atoms with Crippen LogP contribution in [0.1, 0.15) is 16.8 Å². The van der Waals surface area contributed by atoms with E-state index < -0.39 is 0 Å². The number of hydrogen-bond acceptors (Lipinski definition) is 5. The lowest BCUT2D eigenvalue weighted by atomic mass is 10.2. The van der Waals surface area contributed by atoms with Crippen LogP contribution in [-0.2, 0) is 0 Å². The number of piperazine rings is 1. The van der Waals surface area contributed by atoms with Crippen molar-refractivity contribution in [2.24, 2.45) is 0 Å². The molecule has 154 valence electrons. The van der Waals surface area contributed by atoms with Crippen LogP contribution in [0, 0.1) is 13.8 Å². The van der Waals surface area contributed by atoms with Gasteiger partial charge < -0.3 is 10.2 Å². The van der Waals surface area contributed by atoms with Gasteiger partial charge in [-0.3, -0.25) is 4.90 Å². The summed E-state index contributed by atoms with van der Waals surface area (Å²) >= 11 is 0. The highest BCUT2D eigenvalue weighted by Crippen LogP contribution is 2.21. The molecule has 0 bridgehead atoms. The van der Waals surface area contributed by atoms with Crippen LogP contribution in [0.2, 0.25) is 0 Å². The Morgan fingerprint density at radius 3 is 2.40 bits per heavy atom. The maximum Gasteiger partial charge on any atom is 0.227 e. The maximum atomic E-state index is 4.79. The molecule has 5 nitrogen and oxygen atoms in total. The van der Waals surface area contributed by atoms with Gasteiger partial charge in [-0.25, -0.2) is 4.98 Å². The van der Waals surface area contributed by atoms with Gasteiger partial charge in [0.05, 0.1) is 0 Å². The number of aromatic nitrogens is 2. The van der Waals surface area contributed by atoms with Crippen molar-refractivity contribution in [3.8, 4) is 0 Å². The molecule has 4 rings (SSSR count). The first-order chi connectivity index (χ1) is 14.7. The Morgan fingerprint density at radius 2 is 1.63 bits per heavy atom. The Kier molecular flexibility index (Phi) is 6.40. The summed E-state index contributed by atoms with van der Waals surface area (Å²) in [5.41, 5.74) is 4.51. The summed E-state index contributed by atoms with van der Waals surface area (Å²) in [6.45, 7) is 8.99. The third kappa shape index (κ3) is 5.24. The van der Waals surface area contributed by atoms with Gasteiger partial charge in [0.1, 0.15) is 5.82 Å². The Balaban J connectivity index is 1.36. The number of nitrogens with zero attached hydrogens (tertiary/aromatic N) is 4. The molecule has 1 aliphatic rings. The monoisotopic (exact) mass is 399 g/mol. The van der Waals surface area contributed by atoms with Crippen LogP contribution >= 0.6 is 0 Å². The zero-order valence-electron chi connectivity index (χ0n) is 17.8. The Hall–Kier alpha value is -3.18. The molecule has 1 fully saturated rings. The summed E-state index contributed by atoms with van der Waals surface area (Å²) in [4.78, 5) is 14.2. The summed E-state index contributed by atoms with van der Waals surface area (Å²) in [7, 11) is 0. The highest BCUT2D eigenvalue weighted by Gasteiger charge is 2.19. The number of anilines is 3. The fourth-order valence-electron chi connectivity index (χ4n) is 3.64. The van der Waals surface area contributed by atoms with E-state index in [0.717, 1.165) is 55.9 Å². The molecule has 0 atom stereocenters. The molecule has 5 heteroatoms. The summed E-state index contributed by atoms with van der Waals surface area (Å²) in [5.74, 6) is 1.66. The minimum absolute atomic E-state index is 0.811. The molecule has 1 N–H and O–H groups in total. The molecular formula is C25H29N5. The van der Waals surface area contributed by atoms with E-state index in [1.54, 1.807) is 0 Å². The number of para-hydroxylation sites is 1. The van der Waals surface area contributed by atoms with Crippen LogP contribution in [-0.4, -0.2) is 47.6 Å². The van der Waals surface area contributed by atoms with Gasteiger partial charge in [-0.15, -0.1) is 0 Å². The van der Waals surface area contributed by atoms with Crippen molar-refractivity contribution >= 4 is 23.5 Å². The second-order valence-corrected chi connectivity index (χ2v) is 7.74. The highest BCUT2D eigenvalue weighted by molar-refractivity contribution is 5.61. The predicted octanol–water partition coefficient (Wildman–Crippen LogP) is 4.67. The van der Waals surface area contributed by atoms with Crippen molar-refractivity contribution in [2.45, 2.75) is 13.8 Å². The van der Waals surface area contributed by atoms with Crippen molar-refractivity contribution in [3.05, 3.63) is 83.6 Å². The van der Waals surface area contributed by atoms with Gasteiger partial charge in [0.2, 0.25) is 5.95 Å². The van der Waals surface area contributed by atoms with Gasteiger partial charge in [0.25, 0.3) is 0 Å². The van der Waals surface area contributed by atoms with E-state index in [0.29, 0.717) is 0 Å². The molecule has 1 aliphatic heterocycles. The van der Waals surface area contributed by atoms with E-state index in [2.05, 4.69) is 70.6 Å². The molecule has 30 heavy (non-hydrogen) atoms. The van der Waals surface area contributed by atoms with E-state index >= 15 is 0 Å². The largest absolute Gasteiger partial charge is 0.340 e. The molecule has 1 aromatic heterocycles. The summed E-state index contributed by atoms with van der Waals surface area (Å²) in [6.07, 6.45) is 4.44. The molecule has 0 radical (unpaired) electrons. The lowest BCUT2D eigenvalue weighted by Crippen LogP contribution is -2.47. The zero-order valence-corrected chi connectivity index (χ0v) is 17.8. The molecule has 2 heterocycles. The van der Waals surface area contributed by atoms with Crippen molar-refractivity contribution in [2.75, 3.05) is 42.9 Å². The quantitative estimate of drug-likeness (QED) is 0.652. The number of nitrogens with one attached hydrogen (secondary N) is 1. The molecule has 1 saturated heterocycles. The first-order valence-corrected chi connectivity index (χ1v) is 10.5. The van der Waals surface area contributed by atoms with Crippen LogP contribution < -0.4 is 10.2 Å². The van der Waals surface area contributed by atoms with Gasteiger partial charge in [0.15, 0.2) is 0 Å². The van der Waals surface area contributed by atoms with E-state index in [-0.39, 0.29) is 0 Å². The topological polar surface area (TPSA) is 44.3 Å². The van der Waals surface area contributed by atoms with Crippen molar-refractivity contribution in [1.29, 1.82) is 0 Å². The van der Waals surface area contributed by atoms with Crippen LogP contribution in [0.3, 0.4) is 0 Å². The highest BCUT2D eigenvalue weighted by atomic mass is 15.3. The van der Waals surface area contributed by atoms with Crippen LogP contribution in [0.15, 0.2) is 66.7 Å². The van der Waals surface area contributed by atoms with E-state index in [4.69, 9.17) is 9.97 Å². The number of benzene rings is 2. The minimum Gasteiger partial charge on any atom is -0.340 e. The van der Waals surface area contributed by atoms with E-state index in [1.165, 1.54) is 11.1 Å². The first-order valence-electron chi connectivity index (χ1n) is 10.5. The first kappa shape index (κ1) is 20.1. The van der Waals surface area contributed by atoms with Crippen LogP contribution in [0.5, 0.6) is 0 Å². The van der Waals surface area contributed by atoms with Gasteiger partial charge in [0, 0.05) is 50.2 Å². The van der Waals surface area contributed by atoms with Crippen LogP contribution in [0.25, 0.3) is 6.08 Å². The van der Waals surface area contributed by atoms with Gasteiger partial charge >= 0.3 is 0 Å². The molecule has 3 aromatic rings. The lowest BCUT2D eigenvalue weighted by Gasteiger charge is -2.34. The fraction of sp³-hybridized carbons (Fsp3) is 0.280. The molecule has 2 aromatic carbocycles. The molecule has 0 amide bonds. The van der Waals surface area contributed by atoms with Gasteiger partial charge in [-0.05, 0) is 31.0 Å². The number of hydrogen-bond donors (Lipinski definition) is 1. The van der Waals surface area contributed by atoms with Crippen molar-refractivity contribution in [3.63, 3.8) is 0 Å². The number of aryl methyl sites for hydroxylation is 2. The van der Waals surface area contributed by atoms with Gasteiger partial charge in [-0.2, -0.15) is 4.98 Å². The lowest BCUT2D eigenvalue weighted by molar-refractivity contribution is 0.283. The normalized spacial score (nSPS) is 14.9. The van der Waals surface area contributed by atoms with E-state index in [1.807, 2.05) is 31.2 Å². The third-order valence-corrected chi connectivity index (χ3v) is 5.38. The average molecular weight is 400 g/mol. The molecule has 0 unspecified atom stereocenters. The molecule has 0 saturated carbocycles. The van der Waals surface area contributed by atoms with Gasteiger partial charge in [-0.1, -0.05) is 60.7 Å². The SMILES string of the molecule is Cc1cc(Nc2ccccc2C)nc(N2CCN(C/C=C/c3ccccc3)CC2)n1. The Morgan fingerprint density at radius 1 is 0.900 bits per heavy atom. The van der Waals surface area contributed by atoms with Crippen molar-refractivity contribution < 1.29 is 0 Å².